The van der Waals surface area contributed by atoms with Crippen molar-refractivity contribution < 1.29 is 0 Å². The van der Waals surface area contributed by atoms with E-state index < -0.39 is 0 Å². The van der Waals surface area contributed by atoms with Gasteiger partial charge in [-0.1, -0.05) is 11.6 Å². The van der Waals surface area contributed by atoms with Crippen molar-refractivity contribution in [1.29, 1.82) is 0 Å². The molecule has 14 heavy (non-hydrogen) atoms. The average Bonchev–Trinajstić information content (AvgIpc) is 2.23. The lowest BCUT2D eigenvalue weighted by Crippen LogP contribution is -1.95. The van der Waals surface area contributed by atoms with Crippen molar-refractivity contribution >= 4 is 5.69 Å². The Hall–Kier alpha value is -1.97. The van der Waals surface area contributed by atoms with E-state index in [2.05, 4.69) is 15.2 Å². The van der Waals surface area contributed by atoms with Crippen molar-refractivity contribution in [3.63, 3.8) is 0 Å². The first kappa shape index (κ1) is 8.62. The first-order valence-electron chi connectivity index (χ1n) is 4.27. The lowest BCUT2D eigenvalue weighted by Gasteiger charge is -2.03. The smallest absolute Gasteiger partial charge is 0.183 e. The molecule has 70 valence electrons. The number of aryl methyl sites for hydroxylation is 1. The van der Waals surface area contributed by atoms with E-state index in [-0.39, 0.29) is 0 Å². The molecule has 2 rings (SSSR count). The zero-order valence-electron chi connectivity index (χ0n) is 7.81. The third-order valence-corrected chi connectivity index (χ3v) is 1.93. The summed E-state index contributed by atoms with van der Waals surface area (Å²) >= 11 is 0. The molecule has 1 aromatic carbocycles. The summed E-state index contributed by atoms with van der Waals surface area (Å²) in [5, 5.41) is 7.67. The molecule has 0 aliphatic carbocycles. The minimum atomic E-state index is 0.564. The summed E-state index contributed by atoms with van der Waals surface area (Å²) in [7, 11) is 0. The quantitative estimate of drug-likeness (QED) is 0.684. The Balaban J connectivity index is 2.57. The number of anilines is 1. The van der Waals surface area contributed by atoms with Gasteiger partial charge in [0.1, 0.15) is 0 Å². The van der Waals surface area contributed by atoms with Crippen LogP contribution in [0.5, 0.6) is 0 Å². The third kappa shape index (κ3) is 1.54. The van der Waals surface area contributed by atoms with Crippen LogP contribution in [0.2, 0.25) is 0 Å². The van der Waals surface area contributed by atoms with Gasteiger partial charge in [0.15, 0.2) is 5.82 Å². The van der Waals surface area contributed by atoms with Crippen LogP contribution >= 0.6 is 0 Å². The maximum absolute atomic E-state index is 5.81. The number of aromatic nitrogens is 3. The molecule has 0 saturated carbocycles. The second kappa shape index (κ2) is 3.41. The highest BCUT2D eigenvalue weighted by atomic mass is 15.1. The van der Waals surface area contributed by atoms with E-state index in [1.165, 1.54) is 6.20 Å². The van der Waals surface area contributed by atoms with Gasteiger partial charge in [-0.15, -0.1) is 5.10 Å². The molecule has 0 aliphatic heterocycles. The van der Waals surface area contributed by atoms with Crippen molar-refractivity contribution in [3.8, 4) is 11.4 Å². The molecule has 0 fully saturated rings. The SMILES string of the molecule is Cc1ccc(N)c(-c2nccnn2)c1. The van der Waals surface area contributed by atoms with E-state index >= 15 is 0 Å². The second-order valence-electron chi connectivity index (χ2n) is 3.06. The Bertz CT molecular complexity index is 439. The van der Waals surface area contributed by atoms with Crippen molar-refractivity contribution in [1.82, 2.24) is 15.2 Å². The monoisotopic (exact) mass is 186 g/mol. The number of hydrogen-bond acceptors (Lipinski definition) is 4. The number of nitrogen functional groups attached to an aromatic ring is 1. The average molecular weight is 186 g/mol. The Labute approximate surface area is 81.8 Å². The summed E-state index contributed by atoms with van der Waals surface area (Å²) < 4.78 is 0. The van der Waals surface area contributed by atoms with Gasteiger partial charge in [0.05, 0.1) is 6.20 Å². The summed E-state index contributed by atoms with van der Waals surface area (Å²) in [4.78, 5) is 4.10. The lowest BCUT2D eigenvalue weighted by atomic mass is 10.1. The van der Waals surface area contributed by atoms with Crippen molar-refractivity contribution in [2.45, 2.75) is 6.92 Å². The fraction of sp³-hybridized carbons (Fsp3) is 0.100. The highest BCUT2D eigenvalue weighted by Crippen LogP contribution is 2.22. The van der Waals surface area contributed by atoms with E-state index in [9.17, 15) is 0 Å². The van der Waals surface area contributed by atoms with Gasteiger partial charge in [-0.2, -0.15) is 5.10 Å². The number of benzene rings is 1. The normalized spacial score (nSPS) is 10.1. The van der Waals surface area contributed by atoms with Crippen LogP contribution in [0.15, 0.2) is 30.6 Å². The Morgan fingerprint density at radius 1 is 1.21 bits per heavy atom. The number of nitrogens with two attached hydrogens (primary N) is 1. The van der Waals surface area contributed by atoms with Crippen LogP contribution in [0.3, 0.4) is 0 Å². The number of hydrogen-bond donors (Lipinski definition) is 1. The molecule has 2 N–H and O–H groups in total. The lowest BCUT2D eigenvalue weighted by molar-refractivity contribution is 0.980. The molecular formula is C10H10N4. The molecule has 0 atom stereocenters. The molecule has 0 saturated heterocycles. The predicted octanol–water partition coefficient (Wildman–Crippen LogP) is 1.43. The molecule has 1 aromatic heterocycles. The molecule has 4 heteroatoms. The maximum atomic E-state index is 5.81. The van der Waals surface area contributed by atoms with Gasteiger partial charge in [-0.05, 0) is 19.1 Å². The zero-order valence-corrected chi connectivity index (χ0v) is 7.81. The zero-order chi connectivity index (χ0) is 9.97. The fourth-order valence-corrected chi connectivity index (χ4v) is 1.23. The molecule has 2 aromatic rings. The Morgan fingerprint density at radius 2 is 2.07 bits per heavy atom. The van der Waals surface area contributed by atoms with E-state index in [1.54, 1.807) is 6.20 Å². The molecule has 0 unspecified atom stereocenters. The van der Waals surface area contributed by atoms with Gasteiger partial charge in [0, 0.05) is 17.4 Å². The van der Waals surface area contributed by atoms with E-state index in [4.69, 9.17) is 5.73 Å². The van der Waals surface area contributed by atoms with Crippen molar-refractivity contribution in [2.75, 3.05) is 5.73 Å². The van der Waals surface area contributed by atoms with Crippen LogP contribution in [-0.2, 0) is 0 Å². The van der Waals surface area contributed by atoms with Crippen LogP contribution in [0.25, 0.3) is 11.4 Å². The summed E-state index contributed by atoms with van der Waals surface area (Å²) in [6.07, 6.45) is 3.14. The molecular weight excluding hydrogens is 176 g/mol. The van der Waals surface area contributed by atoms with Gasteiger partial charge in [-0.25, -0.2) is 4.98 Å². The van der Waals surface area contributed by atoms with Crippen LogP contribution in [0.4, 0.5) is 5.69 Å². The minimum Gasteiger partial charge on any atom is -0.398 e. The summed E-state index contributed by atoms with van der Waals surface area (Å²) in [6, 6.07) is 5.75. The molecule has 0 aliphatic rings. The van der Waals surface area contributed by atoms with E-state index in [0.29, 0.717) is 11.5 Å². The van der Waals surface area contributed by atoms with Gasteiger partial charge < -0.3 is 5.73 Å². The molecule has 0 bridgehead atoms. The van der Waals surface area contributed by atoms with Crippen molar-refractivity contribution in [2.24, 2.45) is 0 Å². The van der Waals surface area contributed by atoms with Gasteiger partial charge >= 0.3 is 0 Å². The largest absolute Gasteiger partial charge is 0.398 e. The molecule has 0 amide bonds. The third-order valence-electron chi connectivity index (χ3n) is 1.93. The van der Waals surface area contributed by atoms with Crippen molar-refractivity contribution in [3.05, 3.63) is 36.2 Å². The molecule has 0 spiro atoms. The van der Waals surface area contributed by atoms with Crippen LogP contribution in [0, 0.1) is 6.92 Å². The summed E-state index contributed by atoms with van der Waals surface area (Å²) in [5.41, 5.74) is 8.44. The van der Waals surface area contributed by atoms with Crippen LogP contribution in [-0.4, -0.2) is 15.2 Å². The molecule has 1 heterocycles. The van der Waals surface area contributed by atoms with Gasteiger partial charge in [-0.3, -0.25) is 0 Å². The number of rotatable bonds is 1. The van der Waals surface area contributed by atoms with E-state index in [0.717, 1.165) is 11.1 Å². The highest BCUT2D eigenvalue weighted by molar-refractivity contribution is 5.71. The first-order valence-corrected chi connectivity index (χ1v) is 4.27. The standard InChI is InChI=1S/C10H10N4/c1-7-2-3-9(11)8(6-7)10-12-4-5-13-14-10/h2-6H,11H2,1H3. The van der Waals surface area contributed by atoms with Gasteiger partial charge in [0.25, 0.3) is 0 Å². The van der Waals surface area contributed by atoms with E-state index in [1.807, 2.05) is 25.1 Å². The van der Waals surface area contributed by atoms with Crippen LogP contribution < -0.4 is 5.73 Å². The number of nitrogens with zero attached hydrogens (tertiary/aromatic N) is 3. The minimum absolute atomic E-state index is 0.564. The summed E-state index contributed by atoms with van der Waals surface area (Å²) in [5.74, 6) is 0.564. The molecule has 0 radical (unpaired) electrons. The van der Waals surface area contributed by atoms with Gasteiger partial charge in [0.2, 0.25) is 0 Å². The first-order chi connectivity index (χ1) is 6.77. The summed E-state index contributed by atoms with van der Waals surface area (Å²) in [6.45, 7) is 2.00. The maximum Gasteiger partial charge on any atom is 0.183 e. The predicted molar refractivity (Wildman–Crippen MR) is 54.4 cm³/mol. The molecule has 4 nitrogen and oxygen atoms in total. The Morgan fingerprint density at radius 3 is 2.79 bits per heavy atom. The second-order valence-corrected chi connectivity index (χ2v) is 3.06. The van der Waals surface area contributed by atoms with Crippen LogP contribution in [0.1, 0.15) is 5.56 Å². The highest BCUT2D eigenvalue weighted by Gasteiger charge is 2.04. The topological polar surface area (TPSA) is 64.7 Å². The fourth-order valence-electron chi connectivity index (χ4n) is 1.23. The Kier molecular flexibility index (Phi) is 2.10.